The summed E-state index contributed by atoms with van der Waals surface area (Å²) >= 11 is 0. The van der Waals surface area contributed by atoms with Gasteiger partial charge < -0.3 is 20.1 Å². The smallest absolute Gasteiger partial charge is 0.0542 e. The highest BCUT2D eigenvalue weighted by Gasteiger charge is 2.19. The number of fused-ring (bicyclic) bond motifs is 3. The molecule has 0 unspecified atom stereocenters. The fourth-order valence-electron chi connectivity index (χ4n) is 6.38. The van der Waals surface area contributed by atoms with E-state index in [-0.39, 0.29) is 0 Å². The molecule has 0 saturated carbocycles. The SMILES string of the molecule is Nc1ccc(-n2c3ccc(N(c4ccccc4)c4ccccc4)cc3c3cc(N(c4ccccc4)c4ccccc4)ccc32)cc1. The summed E-state index contributed by atoms with van der Waals surface area (Å²) in [5.74, 6) is 0. The summed E-state index contributed by atoms with van der Waals surface area (Å²) in [7, 11) is 0. The van der Waals surface area contributed by atoms with Crippen LogP contribution >= 0.6 is 0 Å². The molecule has 0 radical (unpaired) electrons. The van der Waals surface area contributed by atoms with Crippen molar-refractivity contribution in [3.05, 3.63) is 182 Å². The van der Waals surface area contributed by atoms with Crippen molar-refractivity contribution >= 4 is 61.6 Å². The summed E-state index contributed by atoms with van der Waals surface area (Å²) in [5.41, 5.74) is 16.8. The van der Waals surface area contributed by atoms with Crippen molar-refractivity contribution in [2.75, 3.05) is 15.5 Å². The Bertz CT molecular complexity index is 2020. The molecule has 0 fully saturated rings. The van der Waals surface area contributed by atoms with E-state index in [1.54, 1.807) is 0 Å². The van der Waals surface area contributed by atoms with Gasteiger partial charge in [0.1, 0.15) is 0 Å². The van der Waals surface area contributed by atoms with E-state index in [0.29, 0.717) is 0 Å². The van der Waals surface area contributed by atoms with E-state index in [0.717, 1.165) is 56.5 Å². The number of aromatic nitrogens is 1. The van der Waals surface area contributed by atoms with Crippen molar-refractivity contribution in [2.24, 2.45) is 0 Å². The second kappa shape index (κ2) is 11.7. The molecule has 2 N–H and O–H groups in total. The van der Waals surface area contributed by atoms with Gasteiger partial charge in [-0.1, -0.05) is 72.8 Å². The van der Waals surface area contributed by atoms with Crippen LogP contribution in [0.2, 0.25) is 0 Å². The summed E-state index contributed by atoms with van der Waals surface area (Å²) < 4.78 is 2.34. The highest BCUT2D eigenvalue weighted by molar-refractivity contribution is 6.12. The molecule has 220 valence electrons. The van der Waals surface area contributed by atoms with Crippen molar-refractivity contribution in [3.8, 4) is 5.69 Å². The molecule has 0 bridgehead atoms. The third-order valence-electron chi connectivity index (χ3n) is 8.46. The van der Waals surface area contributed by atoms with E-state index in [9.17, 15) is 0 Å². The molecule has 46 heavy (non-hydrogen) atoms. The third kappa shape index (κ3) is 4.92. The van der Waals surface area contributed by atoms with Gasteiger partial charge in [0.25, 0.3) is 0 Å². The standard InChI is InChI=1S/C42H32N4/c43-31-21-23-36(24-22-31)46-41-27-25-37(44(32-13-5-1-6-14-32)33-15-7-2-8-16-33)29-39(41)40-30-38(26-28-42(40)46)45(34-17-9-3-10-18-34)35-19-11-4-12-20-35/h1-30H,43H2. The zero-order valence-corrected chi connectivity index (χ0v) is 25.2. The van der Waals surface area contributed by atoms with Gasteiger partial charge in [-0.2, -0.15) is 0 Å². The summed E-state index contributed by atoms with van der Waals surface area (Å²) in [6.45, 7) is 0. The van der Waals surface area contributed by atoms with Crippen LogP contribution in [0.1, 0.15) is 0 Å². The molecule has 4 nitrogen and oxygen atoms in total. The molecule has 0 saturated heterocycles. The van der Waals surface area contributed by atoms with Gasteiger partial charge in [-0.25, -0.2) is 0 Å². The number of hydrogen-bond donors (Lipinski definition) is 1. The molecule has 0 aliphatic rings. The lowest BCUT2D eigenvalue weighted by atomic mass is 10.1. The minimum absolute atomic E-state index is 0.747. The van der Waals surface area contributed by atoms with Crippen molar-refractivity contribution in [1.82, 2.24) is 4.57 Å². The average molecular weight is 593 g/mol. The van der Waals surface area contributed by atoms with E-state index in [1.165, 1.54) is 10.8 Å². The number of rotatable bonds is 7. The highest BCUT2D eigenvalue weighted by Crippen LogP contribution is 2.42. The lowest BCUT2D eigenvalue weighted by Gasteiger charge is -2.26. The largest absolute Gasteiger partial charge is 0.399 e. The Labute approximate surface area is 268 Å². The van der Waals surface area contributed by atoms with Crippen LogP contribution in [0.4, 0.5) is 39.8 Å². The molecule has 8 rings (SSSR count). The van der Waals surface area contributed by atoms with Crippen LogP contribution in [0.3, 0.4) is 0 Å². The van der Waals surface area contributed by atoms with Crippen molar-refractivity contribution in [2.45, 2.75) is 0 Å². The maximum atomic E-state index is 6.11. The molecule has 0 amide bonds. The number of nitrogens with zero attached hydrogens (tertiary/aromatic N) is 3. The number of nitrogens with two attached hydrogens (primary N) is 1. The fraction of sp³-hybridized carbons (Fsp3) is 0. The number of benzene rings is 7. The molecule has 7 aromatic carbocycles. The van der Waals surface area contributed by atoms with Crippen LogP contribution in [-0.4, -0.2) is 4.57 Å². The van der Waals surface area contributed by atoms with Crippen LogP contribution in [0.5, 0.6) is 0 Å². The Morgan fingerprint density at radius 3 is 1.04 bits per heavy atom. The Morgan fingerprint density at radius 1 is 0.348 bits per heavy atom. The normalized spacial score (nSPS) is 11.1. The van der Waals surface area contributed by atoms with Gasteiger partial charge >= 0.3 is 0 Å². The molecule has 0 aliphatic heterocycles. The topological polar surface area (TPSA) is 37.4 Å². The minimum Gasteiger partial charge on any atom is -0.399 e. The van der Waals surface area contributed by atoms with Crippen molar-refractivity contribution < 1.29 is 0 Å². The van der Waals surface area contributed by atoms with Crippen LogP contribution in [-0.2, 0) is 0 Å². The Kier molecular flexibility index (Phi) is 6.93. The van der Waals surface area contributed by atoms with E-state index in [2.05, 4.69) is 184 Å². The van der Waals surface area contributed by atoms with Gasteiger partial charge in [0, 0.05) is 56.3 Å². The average Bonchev–Trinajstić information content (AvgIpc) is 3.44. The summed E-state index contributed by atoms with van der Waals surface area (Å²) in [5, 5.41) is 2.34. The predicted octanol–water partition coefficient (Wildman–Crippen LogP) is 11.3. The maximum absolute atomic E-state index is 6.11. The lowest BCUT2D eigenvalue weighted by molar-refractivity contribution is 1.18. The zero-order valence-electron chi connectivity index (χ0n) is 25.2. The number of anilines is 7. The van der Waals surface area contributed by atoms with Gasteiger partial charge in [0.05, 0.1) is 11.0 Å². The van der Waals surface area contributed by atoms with E-state index >= 15 is 0 Å². The highest BCUT2D eigenvalue weighted by atomic mass is 15.1. The Morgan fingerprint density at radius 2 is 0.696 bits per heavy atom. The number of hydrogen-bond acceptors (Lipinski definition) is 3. The molecule has 1 heterocycles. The maximum Gasteiger partial charge on any atom is 0.0542 e. The monoisotopic (exact) mass is 592 g/mol. The summed E-state index contributed by atoms with van der Waals surface area (Å²) in [4.78, 5) is 4.63. The molecule has 0 atom stereocenters. The van der Waals surface area contributed by atoms with E-state index < -0.39 is 0 Å². The van der Waals surface area contributed by atoms with Gasteiger partial charge in [-0.3, -0.25) is 0 Å². The first kappa shape index (κ1) is 27.3. The van der Waals surface area contributed by atoms with Gasteiger partial charge in [0.15, 0.2) is 0 Å². The number of para-hydroxylation sites is 4. The molecular weight excluding hydrogens is 560 g/mol. The fourth-order valence-corrected chi connectivity index (χ4v) is 6.38. The first-order chi connectivity index (χ1) is 22.7. The quantitative estimate of drug-likeness (QED) is 0.187. The molecule has 1 aromatic heterocycles. The van der Waals surface area contributed by atoms with Crippen molar-refractivity contribution in [1.29, 1.82) is 0 Å². The first-order valence-corrected chi connectivity index (χ1v) is 15.5. The number of nitrogen functional groups attached to an aromatic ring is 1. The summed E-state index contributed by atoms with van der Waals surface area (Å²) in [6, 6.07) is 63.9. The summed E-state index contributed by atoms with van der Waals surface area (Å²) in [6.07, 6.45) is 0. The molecular formula is C42H32N4. The van der Waals surface area contributed by atoms with Crippen LogP contribution in [0.25, 0.3) is 27.5 Å². The van der Waals surface area contributed by atoms with Gasteiger partial charge in [-0.05, 0) is 109 Å². The van der Waals surface area contributed by atoms with Crippen LogP contribution in [0, 0.1) is 0 Å². The van der Waals surface area contributed by atoms with E-state index in [1.807, 2.05) is 12.1 Å². The van der Waals surface area contributed by atoms with Gasteiger partial charge in [-0.15, -0.1) is 0 Å². The van der Waals surface area contributed by atoms with Crippen LogP contribution in [0.15, 0.2) is 182 Å². The second-order valence-electron chi connectivity index (χ2n) is 11.3. The predicted molar refractivity (Wildman–Crippen MR) is 195 cm³/mol. The van der Waals surface area contributed by atoms with E-state index in [4.69, 9.17) is 5.73 Å². The minimum atomic E-state index is 0.747. The molecule has 0 spiro atoms. The zero-order chi connectivity index (χ0) is 30.9. The molecule has 0 aliphatic carbocycles. The van der Waals surface area contributed by atoms with Crippen LogP contribution < -0.4 is 15.5 Å². The first-order valence-electron chi connectivity index (χ1n) is 15.5. The Balaban J connectivity index is 1.39. The molecule has 8 aromatic rings. The second-order valence-corrected chi connectivity index (χ2v) is 11.3. The third-order valence-corrected chi connectivity index (χ3v) is 8.46. The molecule has 4 heteroatoms. The van der Waals surface area contributed by atoms with Gasteiger partial charge in [0.2, 0.25) is 0 Å². The van der Waals surface area contributed by atoms with Crippen molar-refractivity contribution in [3.63, 3.8) is 0 Å². The Hall–Kier alpha value is -6.26. The lowest BCUT2D eigenvalue weighted by Crippen LogP contribution is -2.09.